The third kappa shape index (κ3) is 2.28. The van der Waals surface area contributed by atoms with Crippen molar-refractivity contribution in [2.45, 2.75) is 19.4 Å². The molecule has 3 heteroatoms. The molecule has 1 aliphatic heterocycles. The standard InChI is InChI=1S/C11H13BrO2/c1-8-3-4-10(9(12)5-8)13-6-11(2)7-14-11/h3-5H,6-7H2,1-2H3. The molecule has 0 radical (unpaired) electrons. The van der Waals surface area contributed by atoms with Gasteiger partial charge in [-0.1, -0.05) is 6.07 Å². The summed E-state index contributed by atoms with van der Waals surface area (Å²) >= 11 is 3.47. The molecule has 76 valence electrons. The molecule has 0 aromatic heterocycles. The van der Waals surface area contributed by atoms with Crippen molar-refractivity contribution in [2.75, 3.05) is 13.2 Å². The number of hydrogen-bond donors (Lipinski definition) is 0. The van der Waals surface area contributed by atoms with E-state index >= 15 is 0 Å². The Labute approximate surface area is 92.3 Å². The summed E-state index contributed by atoms with van der Waals surface area (Å²) in [5.41, 5.74) is 1.17. The molecule has 0 N–H and O–H groups in total. The minimum atomic E-state index is -0.0513. The van der Waals surface area contributed by atoms with Crippen LogP contribution >= 0.6 is 15.9 Å². The van der Waals surface area contributed by atoms with Crippen LogP contribution in [0.2, 0.25) is 0 Å². The molecule has 0 saturated carbocycles. The molecule has 0 bridgehead atoms. The molecule has 0 spiro atoms. The molecule has 0 aliphatic carbocycles. The van der Waals surface area contributed by atoms with Crippen molar-refractivity contribution in [1.82, 2.24) is 0 Å². The highest BCUT2D eigenvalue weighted by Crippen LogP contribution is 2.30. The van der Waals surface area contributed by atoms with E-state index in [4.69, 9.17) is 9.47 Å². The van der Waals surface area contributed by atoms with E-state index in [1.807, 2.05) is 18.2 Å². The van der Waals surface area contributed by atoms with Crippen LogP contribution in [0.15, 0.2) is 22.7 Å². The summed E-state index contributed by atoms with van der Waals surface area (Å²) in [6, 6.07) is 6.06. The highest BCUT2D eigenvalue weighted by Gasteiger charge is 2.40. The lowest BCUT2D eigenvalue weighted by atomic mass is 10.2. The minimum absolute atomic E-state index is 0.0513. The van der Waals surface area contributed by atoms with Crippen molar-refractivity contribution in [2.24, 2.45) is 0 Å². The molecule has 1 aromatic carbocycles. The fourth-order valence-corrected chi connectivity index (χ4v) is 1.77. The summed E-state index contributed by atoms with van der Waals surface area (Å²) in [6.45, 7) is 5.53. The number of rotatable bonds is 3. The third-order valence-electron chi connectivity index (χ3n) is 2.26. The third-order valence-corrected chi connectivity index (χ3v) is 2.88. The van der Waals surface area contributed by atoms with E-state index in [9.17, 15) is 0 Å². The van der Waals surface area contributed by atoms with Gasteiger partial charge >= 0.3 is 0 Å². The van der Waals surface area contributed by atoms with Crippen LogP contribution in [0.5, 0.6) is 5.75 Å². The average molecular weight is 257 g/mol. The molecule has 1 fully saturated rings. The number of aryl methyl sites for hydroxylation is 1. The van der Waals surface area contributed by atoms with Gasteiger partial charge in [0.2, 0.25) is 0 Å². The van der Waals surface area contributed by atoms with E-state index in [0.717, 1.165) is 16.8 Å². The van der Waals surface area contributed by atoms with Gasteiger partial charge < -0.3 is 9.47 Å². The van der Waals surface area contributed by atoms with E-state index in [1.54, 1.807) is 0 Å². The Morgan fingerprint density at radius 2 is 2.29 bits per heavy atom. The van der Waals surface area contributed by atoms with Gasteiger partial charge in [-0.05, 0) is 47.5 Å². The highest BCUT2D eigenvalue weighted by molar-refractivity contribution is 9.10. The predicted octanol–water partition coefficient (Wildman–Crippen LogP) is 2.93. The van der Waals surface area contributed by atoms with Crippen LogP contribution in [0.3, 0.4) is 0 Å². The van der Waals surface area contributed by atoms with Gasteiger partial charge in [-0.2, -0.15) is 0 Å². The number of benzene rings is 1. The highest BCUT2D eigenvalue weighted by atomic mass is 79.9. The lowest BCUT2D eigenvalue weighted by molar-refractivity contribution is 0.201. The van der Waals surface area contributed by atoms with Crippen LogP contribution in [0.4, 0.5) is 0 Å². The molecule has 1 unspecified atom stereocenters. The van der Waals surface area contributed by atoms with Gasteiger partial charge in [0.05, 0.1) is 11.1 Å². The van der Waals surface area contributed by atoms with Gasteiger partial charge in [-0.3, -0.25) is 0 Å². The van der Waals surface area contributed by atoms with Gasteiger partial charge in [0.15, 0.2) is 0 Å². The van der Waals surface area contributed by atoms with Gasteiger partial charge in [0.1, 0.15) is 18.0 Å². The van der Waals surface area contributed by atoms with Crippen LogP contribution in [-0.4, -0.2) is 18.8 Å². The van der Waals surface area contributed by atoms with E-state index in [0.29, 0.717) is 6.61 Å². The summed E-state index contributed by atoms with van der Waals surface area (Å²) in [7, 11) is 0. The minimum Gasteiger partial charge on any atom is -0.489 e. The molecule has 1 heterocycles. The summed E-state index contributed by atoms with van der Waals surface area (Å²) < 4.78 is 11.9. The van der Waals surface area contributed by atoms with E-state index in [1.165, 1.54) is 5.56 Å². The lowest BCUT2D eigenvalue weighted by Crippen LogP contribution is -2.17. The Bertz CT molecular complexity index is 345. The van der Waals surface area contributed by atoms with Crippen LogP contribution in [0, 0.1) is 6.92 Å². The van der Waals surface area contributed by atoms with Crippen LogP contribution in [0.1, 0.15) is 12.5 Å². The van der Waals surface area contributed by atoms with Crippen molar-refractivity contribution in [3.8, 4) is 5.75 Å². The van der Waals surface area contributed by atoms with Crippen LogP contribution in [0.25, 0.3) is 0 Å². The van der Waals surface area contributed by atoms with Crippen molar-refractivity contribution >= 4 is 15.9 Å². The van der Waals surface area contributed by atoms with Crippen molar-refractivity contribution < 1.29 is 9.47 Å². The van der Waals surface area contributed by atoms with Gasteiger partial charge in [-0.15, -0.1) is 0 Å². The van der Waals surface area contributed by atoms with Gasteiger partial charge in [0, 0.05) is 0 Å². The van der Waals surface area contributed by atoms with Gasteiger partial charge in [0.25, 0.3) is 0 Å². The lowest BCUT2D eigenvalue weighted by Gasteiger charge is -2.10. The molecule has 1 saturated heterocycles. The Kier molecular flexibility index (Phi) is 2.54. The van der Waals surface area contributed by atoms with Crippen LogP contribution in [-0.2, 0) is 4.74 Å². The normalized spacial score (nSPS) is 24.8. The van der Waals surface area contributed by atoms with E-state index in [-0.39, 0.29) is 5.60 Å². The maximum atomic E-state index is 5.65. The first-order chi connectivity index (χ1) is 6.59. The summed E-state index contributed by atoms with van der Waals surface area (Å²) in [5.74, 6) is 0.882. The molecule has 1 aliphatic rings. The largest absolute Gasteiger partial charge is 0.489 e. The smallest absolute Gasteiger partial charge is 0.133 e. The summed E-state index contributed by atoms with van der Waals surface area (Å²) in [4.78, 5) is 0. The van der Waals surface area contributed by atoms with Crippen LogP contribution < -0.4 is 4.74 Å². The van der Waals surface area contributed by atoms with Gasteiger partial charge in [-0.25, -0.2) is 0 Å². The number of ether oxygens (including phenoxy) is 2. The molecule has 1 aromatic rings. The second-order valence-corrected chi connectivity index (χ2v) is 4.82. The SMILES string of the molecule is Cc1ccc(OCC2(C)CO2)c(Br)c1. The second kappa shape index (κ2) is 3.55. The second-order valence-electron chi connectivity index (χ2n) is 3.96. The zero-order chi connectivity index (χ0) is 10.2. The zero-order valence-electron chi connectivity index (χ0n) is 8.34. The molecule has 2 rings (SSSR count). The fraction of sp³-hybridized carbons (Fsp3) is 0.455. The molecular formula is C11H13BrO2. The van der Waals surface area contributed by atoms with E-state index in [2.05, 4.69) is 29.8 Å². The Morgan fingerprint density at radius 1 is 1.57 bits per heavy atom. The van der Waals surface area contributed by atoms with Crippen molar-refractivity contribution in [1.29, 1.82) is 0 Å². The number of hydrogen-bond acceptors (Lipinski definition) is 2. The fourth-order valence-electron chi connectivity index (χ4n) is 1.16. The first kappa shape index (κ1) is 9.99. The summed E-state index contributed by atoms with van der Waals surface area (Å²) in [5, 5.41) is 0. The number of epoxide rings is 1. The van der Waals surface area contributed by atoms with Crippen molar-refractivity contribution in [3.05, 3.63) is 28.2 Å². The first-order valence-corrected chi connectivity index (χ1v) is 5.41. The van der Waals surface area contributed by atoms with E-state index < -0.39 is 0 Å². The molecular weight excluding hydrogens is 244 g/mol. The first-order valence-electron chi connectivity index (χ1n) is 4.62. The van der Waals surface area contributed by atoms with Crippen molar-refractivity contribution in [3.63, 3.8) is 0 Å². The Balaban J connectivity index is 2.02. The average Bonchev–Trinajstić information content (AvgIpc) is 2.83. The zero-order valence-corrected chi connectivity index (χ0v) is 9.93. The molecule has 2 nitrogen and oxygen atoms in total. The predicted molar refractivity (Wildman–Crippen MR) is 58.7 cm³/mol. The Morgan fingerprint density at radius 3 is 2.86 bits per heavy atom. The quantitative estimate of drug-likeness (QED) is 0.776. The summed E-state index contributed by atoms with van der Waals surface area (Å²) in [6.07, 6.45) is 0. The molecule has 1 atom stereocenters. The molecule has 14 heavy (non-hydrogen) atoms. The number of halogens is 1. The monoisotopic (exact) mass is 256 g/mol. The topological polar surface area (TPSA) is 21.8 Å². The maximum absolute atomic E-state index is 5.65. The Hall–Kier alpha value is -0.540. The molecule has 0 amide bonds. The maximum Gasteiger partial charge on any atom is 0.133 e.